The molecule has 0 fully saturated rings. The highest BCUT2D eigenvalue weighted by Gasteiger charge is 2.34. The summed E-state index contributed by atoms with van der Waals surface area (Å²) in [6, 6.07) is 4.62. The summed E-state index contributed by atoms with van der Waals surface area (Å²) in [5.41, 5.74) is -0.749. The third-order valence-electron chi connectivity index (χ3n) is 2.58. The summed E-state index contributed by atoms with van der Waals surface area (Å²) in [4.78, 5) is 7.04. The molecule has 0 amide bonds. The molecule has 1 aromatic heterocycles. The Labute approximate surface area is 117 Å². The molecule has 0 bridgehead atoms. The van der Waals surface area contributed by atoms with E-state index in [9.17, 15) is 17.6 Å². The molecular formula is C13H11F4N3O. The fourth-order valence-corrected chi connectivity index (χ4v) is 1.49. The second-order valence-corrected chi connectivity index (χ2v) is 4.18. The summed E-state index contributed by atoms with van der Waals surface area (Å²) >= 11 is 0. The lowest BCUT2D eigenvalue weighted by Crippen LogP contribution is -2.11. The van der Waals surface area contributed by atoms with E-state index in [1.807, 2.05) is 0 Å². The molecule has 2 rings (SSSR count). The standard InChI is InChI=1S/C13H11F4N3O/c1-7-3-4-8(5-9(7)14)21-11-6-10(13(15,16)17)19-12(18-2)20-11/h3-6H,1-2H3,(H,18,19,20). The highest BCUT2D eigenvalue weighted by Crippen LogP contribution is 2.31. The Kier molecular flexibility index (Phi) is 3.97. The maximum atomic E-state index is 13.4. The van der Waals surface area contributed by atoms with E-state index < -0.39 is 17.7 Å². The summed E-state index contributed by atoms with van der Waals surface area (Å²) in [5, 5.41) is 2.41. The van der Waals surface area contributed by atoms with Crippen LogP contribution in [0, 0.1) is 12.7 Å². The number of anilines is 1. The van der Waals surface area contributed by atoms with Crippen LogP contribution in [0.3, 0.4) is 0 Å². The first-order valence-corrected chi connectivity index (χ1v) is 5.87. The van der Waals surface area contributed by atoms with Gasteiger partial charge in [-0.2, -0.15) is 18.2 Å². The van der Waals surface area contributed by atoms with Gasteiger partial charge in [-0.3, -0.25) is 0 Å². The Balaban J connectivity index is 2.36. The molecule has 1 N–H and O–H groups in total. The first kappa shape index (κ1) is 15.0. The lowest BCUT2D eigenvalue weighted by Gasteiger charge is -2.11. The third kappa shape index (κ3) is 3.59. The van der Waals surface area contributed by atoms with E-state index in [4.69, 9.17) is 4.74 Å². The van der Waals surface area contributed by atoms with Crippen LogP contribution in [0.5, 0.6) is 11.6 Å². The van der Waals surface area contributed by atoms with Gasteiger partial charge in [0.05, 0.1) is 0 Å². The van der Waals surface area contributed by atoms with E-state index >= 15 is 0 Å². The molecule has 0 aliphatic rings. The molecule has 0 atom stereocenters. The molecule has 0 radical (unpaired) electrons. The van der Waals surface area contributed by atoms with Gasteiger partial charge in [0.25, 0.3) is 0 Å². The summed E-state index contributed by atoms with van der Waals surface area (Å²) in [6.07, 6.45) is -4.63. The highest BCUT2D eigenvalue weighted by molar-refractivity contribution is 5.35. The molecule has 1 heterocycles. The molecule has 0 aliphatic carbocycles. The molecule has 0 spiro atoms. The molecular weight excluding hydrogens is 290 g/mol. The molecule has 21 heavy (non-hydrogen) atoms. The molecule has 2 aromatic rings. The van der Waals surface area contributed by atoms with Crippen LogP contribution in [0.25, 0.3) is 0 Å². The van der Waals surface area contributed by atoms with E-state index in [2.05, 4.69) is 15.3 Å². The van der Waals surface area contributed by atoms with Crippen molar-refractivity contribution in [3.8, 4) is 11.6 Å². The SMILES string of the molecule is CNc1nc(Oc2ccc(C)c(F)c2)cc(C(F)(F)F)n1. The predicted molar refractivity (Wildman–Crippen MR) is 67.8 cm³/mol. The number of hydrogen-bond acceptors (Lipinski definition) is 4. The minimum Gasteiger partial charge on any atom is -0.439 e. The maximum Gasteiger partial charge on any atom is 0.433 e. The molecule has 112 valence electrons. The van der Waals surface area contributed by atoms with Crippen molar-refractivity contribution in [1.29, 1.82) is 0 Å². The van der Waals surface area contributed by atoms with Crippen LogP contribution in [0.4, 0.5) is 23.5 Å². The molecule has 0 saturated carbocycles. The van der Waals surface area contributed by atoms with E-state index in [-0.39, 0.29) is 17.6 Å². The summed E-state index contributed by atoms with van der Waals surface area (Å²) in [7, 11) is 1.38. The molecule has 8 heteroatoms. The normalized spacial score (nSPS) is 11.3. The Bertz CT molecular complexity index is 658. The number of aryl methyl sites for hydroxylation is 1. The fraction of sp³-hybridized carbons (Fsp3) is 0.231. The van der Waals surface area contributed by atoms with E-state index in [1.165, 1.54) is 19.2 Å². The topological polar surface area (TPSA) is 47.0 Å². The van der Waals surface area contributed by atoms with Crippen molar-refractivity contribution < 1.29 is 22.3 Å². The lowest BCUT2D eigenvalue weighted by molar-refractivity contribution is -0.141. The first-order chi connectivity index (χ1) is 9.79. The minimum atomic E-state index is -4.63. The van der Waals surface area contributed by atoms with Crippen molar-refractivity contribution in [3.63, 3.8) is 0 Å². The average molecular weight is 301 g/mol. The molecule has 0 saturated heterocycles. The summed E-state index contributed by atoms with van der Waals surface area (Å²) in [5.74, 6) is -1.05. The van der Waals surface area contributed by atoms with E-state index in [0.29, 0.717) is 11.6 Å². The molecule has 1 aromatic carbocycles. The van der Waals surface area contributed by atoms with E-state index in [1.54, 1.807) is 6.92 Å². The number of nitrogens with one attached hydrogen (secondary N) is 1. The quantitative estimate of drug-likeness (QED) is 0.877. The Morgan fingerprint density at radius 1 is 1.14 bits per heavy atom. The average Bonchev–Trinajstić information content (AvgIpc) is 2.41. The largest absolute Gasteiger partial charge is 0.439 e. The minimum absolute atomic E-state index is 0.0481. The highest BCUT2D eigenvalue weighted by atomic mass is 19.4. The number of halogens is 4. The van der Waals surface area contributed by atoms with Crippen molar-refractivity contribution in [2.45, 2.75) is 13.1 Å². The second-order valence-electron chi connectivity index (χ2n) is 4.18. The van der Waals surface area contributed by atoms with Crippen molar-refractivity contribution in [1.82, 2.24) is 9.97 Å². The zero-order valence-electron chi connectivity index (χ0n) is 11.1. The van der Waals surface area contributed by atoms with Gasteiger partial charge in [0, 0.05) is 19.2 Å². The summed E-state index contributed by atoms with van der Waals surface area (Å²) in [6.45, 7) is 1.56. The smallest absolute Gasteiger partial charge is 0.433 e. The van der Waals surface area contributed by atoms with Gasteiger partial charge < -0.3 is 10.1 Å². The van der Waals surface area contributed by atoms with Gasteiger partial charge in [0.2, 0.25) is 11.8 Å². The van der Waals surface area contributed by atoms with Crippen LogP contribution in [0.2, 0.25) is 0 Å². The van der Waals surface area contributed by atoms with Gasteiger partial charge in [0.15, 0.2) is 5.69 Å². The van der Waals surface area contributed by atoms with Gasteiger partial charge in [0.1, 0.15) is 11.6 Å². The Morgan fingerprint density at radius 2 is 1.86 bits per heavy atom. The second kappa shape index (κ2) is 5.55. The lowest BCUT2D eigenvalue weighted by atomic mass is 10.2. The molecule has 0 unspecified atom stereocenters. The number of alkyl halides is 3. The number of hydrogen-bond donors (Lipinski definition) is 1. The number of benzene rings is 1. The monoisotopic (exact) mass is 301 g/mol. The maximum absolute atomic E-state index is 13.4. The number of ether oxygens (including phenoxy) is 1. The van der Waals surface area contributed by atoms with Crippen molar-refractivity contribution in [2.75, 3.05) is 12.4 Å². The fourth-order valence-electron chi connectivity index (χ4n) is 1.49. The van der Waals surface area contributed by atoms with Gasteiger partial charge in [-0.1, -0.05) is 6.07 Å². The van der Waals surface area contributed by atoms with Gasteiger partial charge in [-0.05, 0) is 18.6 Å². The third-order valence-corrected chi connectivity index (χ3v) is 2.58. The van der Waals surface area contributed by atoms with Crippen LogP contribution in [-0.2, 0) is 6.18 Å². The number of aromatic nitrogens is 2. The molecule has 4 nitrogen and oxygen atoms in total. The number of rotatable bonds is 3. The van der Waals surface area contributed by atoms with Crippen molar-refractivity contribution >= 4 is 5.95 Å². The van der Waals surface area contributed by atoms with Crippen LogP contribution >= 0.6 is 0 Å². The van der Waals surface area contributed by atoms with Crippen LogP contribution in [-0.4, -0.2) is 17.0 Å². The van der Waals surface area contributed by atoms with Gasteiger partial charge >= 0.3 is 6.18 Å². The predicted octanol–water partition coefficient (Wildman–Crippen LogP) is 3.78. The van der Waals surface area contributed by atoms with Crippen LogP contribution < -0.4 is 10.1 Å². The summed E-state index contributed by atoms with van der Waals surface area (Å²) < 4.78 is 56.7. The van der Waals surface area contributed by atoms with E-state index in [0.717, 1.165) is 6.07 Å². The first-order valence-electron chi connectivity index (χ1n) is 5.87. The molecule has 0 aliphatic heterocycles. The zero-order chi connectivity index (χ0) is 15.6. The van der Waals surface area contributed by atoms with Gasteiger partial charge in [-0.25, -0.2) is 9.37 Å². The van der Waals surface area contributed by atoms with Crippen molar-refractivity contribution in [3.05, 3.63) is 41.3 Å². The Hall–Kier alpha value is -2.38. The van der Waals surface area contributed by atoms with Crippen molar-refractivity contribution in [2.24, 2.45) is 0 Å². The van der Waals surface area contributed by atoms with Crippen LogP contribution in [0.1, 0.15) is 11.3 Å². The van der Waals surface area contributed by atoms with Gasteiger partial charge in [-0.15, -0.1) is 0 Å². The zero-order valence-corrected chi connectivity index (χ0v) is 11.1. The van der Waals surface area contributed by atoms with Crippen LogP contribution in [0.15, 0.2) is 24.3 Å². The number of nitrogens with zero attached hydrogens (tertiary/aromatic N) is 2. The Morgan fingerprint density at radius 3 is 2.43 bits per heavy atom.